The monoisotopic (exact) mass is 428 g/mol. The van der Waals surface area contributed by atoms with Gasteiger partial charge in [-0.3, -0.25) is 15.0 Å². The summed E-state index contributed by atoms with van der Waals surface area (Å²) in [5.41, 5.74) is 7.11. The van der Waals surface area contributed by atoms with E-state index in [1.165, 1.54) is 37.3 Å². The standard InChI is InChI=1S/C25H20N2O5/c1-16(28)31-20-11-7-17(8-12-20)9-14-23(29)32-22-13-10-19(25(26)27)15-21(22)24(30)18-5-3-2-4-6-18/h2-15H,1H3,(H3,26,27). The Morgan fingerprint density at radius 2 is 1.56 bits per heavy atom. The molecule has 3 aromatic rings. The molecule has 0 unspecified atom stereocenters. The number of nitrogens with two attached hydrogens (primary N) is 1. The van der Waals surface area contributed by atoms with Crippen molar-refractivity contribution >= 4 is 29.6 Å². The van der Waals surface area contributed by atoms with Crippen molar-refractivity contribution in [3.63, 3.8) is 0 Å². The topological polar surface area (TPSA) is 120 Å². The molecule has 0 fully saturated rings. The normalized spacial score (nSPS) is 10.5. The summed E-state index contributed by atoms with van der Waals surface area (Å²) in [6.45, 7) is 1.31. The molecule has 160 valence electrons. The maximum atomic E-state index is 13.0. The molecule has 3 aromatic carbocycles. The van der Waals surface area contributed by atoms with Crippen molar-refractivity contribution in [3.05, 3.63) is 101 Å². The fourth-order valence-corrected chi connectivity index (χ4v) is 2.83. The Labute approximate surface area is 184 Å². The van der Waals surface area contributed by atoms with E-state index in [4.69, 9.17) is 20.6 Å². The molecular formula is C25H20N2O5. The fourth-order valence-electron chi connectivity index (χ4n) is 2.83. The number of carbonyl (C=O) groups excluding carboxylic acids is 3. The summed E-state index contributed by atoms with van der Waals surface area (Å²) in [5.74, 6) is -1.22. The second-order valence-corrected chi connectivity index (χ2v) is 6.74. The van der Waals surface area contributed by atoms with Gasteiger partial charge in [-0.2, -0.15) is 0 Å². The van der Waals surface area contributed by atoms with E-state index in [1.54, 1.807) is 54.6 Å². The molecule has 3 N–H and O–H groups in total. The molecule has 0 aliphatic carbocycles. The van der Waals surface area contributed by atoms with Gasteiger partial charge in [-0.05, 0) is 42.0 Å². The van der Waals surface area contributed by atoms with E-state index in [9.17, 15) is 14.4 Å². The number of benzene rings is 3. The highest BCUT2D eigenvalue weighted by Crippen LogP contribution is 2.24. The van der Waals surface area contributed by atoms with Crippen molar-refractivity contribution in [1.29, 1.82) is 5.41 Å². The largest absolute Gasteiger partial charge is 0.427 e. The summed E-state index contributed by atoms with van der Waals surface area (Å²) in [7, 11) is 0. The van der Waals surface area contributed by atoms with Crippen molar-refractivity contribution < 1.29 is 23.9 Å². The van der Waals surface area contributed by atoms with Crippen LogP contribution in [0.4, 0.5) is 0 Å². The van der Waals surface area contributed by atoms with Crippen molar-refractivity contribution in [1.82, 2.24) is 0 Å². The van der Waals surface area contributed by atoms with Gasteiger partial charge >= 0.3 is 11.9 Å². The summed E-state index contributed by atoms with van der Waals surface area (Å²) in [5, 5.41) is 7.62. The minimum absolute atomic E-state index is 0.0590. The van der Waals surface area contributed by atoms with Gasteiger partial charge in [0.1, 0.15) is 17.3 Å². The maximum Gasteiger partial charge on any atom is 0.336 e. The zero-order valence-corrected chi connectivity index (χ0v) is 17.2. The molecule has 32 heavy (non-hydrogen) atoms. The van der Waals surface area contributed by atoms with Gasteiger partial charge in [0.25, 0.3) is 0 Å². The van der Waals surface area contributed by atoms with E-state index >= 15 is 0 Å². The molecule has 0 aliphatic heterocycles. The van der Waals surface area contributed by atoms with Crippen LogP contribution < -0.4 is 15.2 Å². The first-order valence-corrected chi connectivity index (χ1v) is 9.60. The highest BCUT2D eigenvalue weighted by Gasteiger charge is 2.18. The molecule has 0 amide bonds. The number of ketones is 1. The average Bonchev–Trinajstić information content (AvgIpc) is 2.78. The summed E-state index contributed by atoms with van der Waals surface area (Å²) in [6, 6.07) is 19.4. The van der Waals surface area contributed by atoms with Gasteiger partial charge in [-0.25, -0.2) is 4.79 Å². The third kappa shape index (κ3) is 5.76. The van der Waals surface area contributed by atoms with Gasteiger partial charge in [0.15, 0.2) is 5.78 Å². The fraction of sp³-hybridized carbons (Fsp3) is 0.0400. The summed E-state index contributed by atoms with van der Waals surface area (Å²) in [4.78, 5) is 36.3. The number of nitrogens with one attached hydrogen (secondary N) is 1. The van der Waals surface area contributed by atoms with Crippen LogP contribution in [0.1, 0.15) is 34.0 Å². The van der Waals surface area contributed by atoms with E-state index in [0.29, 0.717) is 22.4 Å². The van der Waals surface area contributed by atoms with Gasteiger partial charge < -0.3 is 15.2 Å². The number of rotatable bonds is 7. The van der Waals surface area contributed by atoms with Crippen LogP contribution in [0.15, 0.2) is 78.9 Å². The zero-order chi connectivity index (χ0) is 23.1. The number of amidine groups is 1. The number of hydrogen-bond acceptors (Lipinski definition) is 6. The van der Waals surface area contributed by atoms with E-state index in [1.807, 2.05) is 0 Å². The van der Waals surface area contributed by atoms with Gasteiger partial charge in [0.2, 0.25) is 0 Å². The molecule has 0 spiro atoms. The molecular weight excluding hydrogens is 408 g/mol. The van der Waals surface area contributed by atoms with Gasteiger partial charge in [0, 0.05) is 24.1 Å². The van der Waals surface area contributed by atoms with Crippen molar-refractivity contribution in [3.8, 4) is 11.5 Å². The number of carbonyl (C=O) groups is 3. The van der Waals surface area contributed by atoms with Gasteiger partial charge in [-0.15, -0.1) is 0 Å². The molecule has 7 heteroatoms. The van der Waals surface area contributed by atoms with Gasteiger partial charge in [0.05, 0.1) is 5.56 Å². The predicted molar refractivity (Wildman–Crippen MR) is 120 cm³/mol. The third-order valence-corrected chi connectivity index (χ3v) is 4.34. The Morgan fingerprint density at radius 3 is 2.19 bits per heavy atom. The van der Waals surface area contributed by atoms with Crippen LogP contribution in [0.5, 0.6) is 11.5 Å². The molecule has 0 heterocycles. The maximum absolute atomic E-state index is 13.0. The van der Waals surface area contributed by atoms with E-state index in [0.717, 1.165) is 0 Å². The smallest absolute Gasteiger partial charge is 0.336 e. The summed E-state index contributed by atoms with van der Waals surface area (Å²) >= 11 is 0. The van der Waals surface area contributed by atoms with Crippen molar-refractivity contribution in [2.24, 2.45) is 5.73 Å². The van der Waals surface area contributed by atoms with Crippen LogP contribution >= 0.6 is 0 Å². The SMILES string of the molecule is CC(=O)Oc1ccc(C=CC(=O)Oc2ccc(C(=N)N)cc2C(=O)c2ccccc2)cc1. The Balaban J connectivity index is 1.80. The van der Waals surface area contributed by atoms with E-state index in [2.05, 4.69) is 0 Å². The number of ether oxygens (including phenoxy) is 2. The Bertz CT molecular complexity index is 1200. The molecule has 0 radical (unpaired) electrons. The van der Waals surface area contributed by atoms with E-state index in [-0.39, 0.29) is 22.9 Å². The molecule has 0 bridgehead atoms. The molecule has 0 saturated heterocycles. The lowest BCUT2D eigenvalue weighted by atomic mass is 10.00. The van der Waals surface area contributed by atoms with Crippen LogP contribution in [0.3, 0.4) is 0 Å². The lowest BCUT2D eigenvalue weighted by molar-refractivity contribution is -0.132. The van der Waals surface area contributed by atoms with Crippen LogP contribution in [0.2, 0.25) is 0 Å². The molecule has 7 nitrogen and oxygen atoms in total. The highest BCUT2D eigenvalue weighted by atomic mass is 16.5. The van der Waals surface area contributed by atoms with Crippen LogP contribution in [0.25, 0.3) is 6.08 Å². The van der Waals surface area contributed by atoms with Crippen molar-refractivity contribution in [2.75, 3.05) is 0 Å². The number of hydrogen-bond donors (Lipinski definition) is 2. The Hall–Kier alpha value is -4.52. The quantitative estimate of drug-likeness (QED) is 0.148. The van der Waals surface area contributed by atoms with E-state index < -0.39 is 11.9 Å². The predicted octanol–water partition coefficient (Wildman–Crippen LogP) is 3.75. The second-order valence-electron chi connectivity index (χ2n) is 6.74. The molecule has 3 rings (SSSR count). The number of nitrogen functional groups attached to an aromatic ring is 1. The first-order valence-electron chi connectivity index (χ1n) is 9.60. The molecule has 0 atom stereocenters. The molecule has 0 aliphatic rings. The summed E-state index contributed by atoms with van der Waals surface area (Å²) < 4.78 is 10.4. The molecule has 0 saturated carbocycles. The van der Waals surface area contributed by atoms with Crippen LogP contribution in [0, 0.1) is 5.41 Å². The van der Waals surface area contributed by atoms with Gasteiger partial charge in [-0.1, -0.05) is 42.5 Å². The average molecular weight is 428 g/mol. The minimum atomic E-state index is -0.688. The Kier molecular flexibility index (Phi) is 6.92. The lowest BCUT2D eigenvalue weighted by Crippen LogP contribution is -2.14. The first-order chi connectivity index (χ1) is 15.3. The van der Waals surface area contributed by atoms with Crippen LogP contribution in [-0.2, 0) is 9.59 Å². The molecule has 0 aromatic heterocycles. The third-order valence-electron chi connectivity index (χ3n) is 4.34. The van der Waals surface area contributed by atoms with Crippen LogP contribution in [-0.4, -0.2) is 23.6 Å². The summed E-state index contributed by atoms with van der Waals surface area (Å²) in [6.07, 6.45) is 2.75. The van der Waals surface area contributed by atoms with Crippen molar-refractivity contribution in [2.45, 2.75) is 6.92 Å². The zero-order valence-electron chi connectivity index (χ0n) is 17.2. The number of esters is 2. The second kappa shape index (κ2) is 9.99. The Morgan fingerprint density at radius 1 is 0.875 bits per heavy atom. The first kappa shape index (κ1) is 22.2. The minimum Gasteiger partial charge on any atom is -0.427 e. The highest BCUT2D eigenvalue weighted by molar-refractivity contribution is 6.12. The lowest BCUT2D eigenvalue weighted by Gasteiger charge is -2.10.